The number of rotatable bonds is 2. The molecule has 10 aromatic rings. The van der Waals surface area contributed by atoms with Crippen molar-refractivity contribution in [2.24, 2.45) is 0 Å². The minimum atomic E-state index is 1.24. The second kappa shape index (κ2) is 9.76. The molecule has 10 rings (SSSR count). The summed E-state index contributed by atoms with van der Waals surface area (Å²) in [6.07, 6.45) is 0. The molecule has 0 heterocycles. The molecule has 212 valence electrons. The van der Waals surface area contributed by atoms with Crippen molar-refractivity contribution in [1.29, 1.82) is 0 Å². The summed E-state index contributed by atoms with van der Waals surface area (Å²) in [5.74, 6) is 0. The fourth-order valence-electron chi connectivity index (χ4n) is 7.88. The molecular formula is C46H28. The molecule has 0 amide bonds. The number of benzene rings is 10. The number of fused-ring (bicyclic) bond motifs is 13. The molecule has 0 saturated carbocycles. The smallest absolute Gasteiger partial charge is 0.00928 e. The fraction of sp³-hybridized carbons (Fsp3) is 0. The highest BCUT2D eigenvalue weighted by molar-refractivity contribution is 6.27. The van der Waals surface area contributed by atoms with Crippen LogP contribution in [0.25, 0.3) is 97.7 Å². The molecule has 0 radical (unpaired) electrons. The van der Waals surface area contributed by atoms with Crippen LogP contribution >= 0.6 is 0 Å². The summed E-state index contributed by atoms with van der Waals surface area (Å²) in [6, 6.07) is 62.8. The van der Waals surface area contributed by atoms with E-state index in [2.05, 4.69) is 170 Å². The largest absolute Gasteiger partial charge is 0.0616 e. The van der Waals surface area contributed by atoms with E-state index in [-0.39, 0.29) is 0 Å². The van der Waals surface area contributed by atoms with Crippen molar-refractivity contribution >= 4 is 75.4 Å². The highest BCUT2D eigenvalue weighted by Crippen LogP contribution is 2.40. The average molecular weight is 581 g/mol. The van der Waals surface area contributed by atoms with Crippen molar-refractivity contribution < 1.29 is 0 Å². The lowest BCUT2D eigenvalue weighted by Gasteiger charge is -2.14. The molecule has 0 nitrogen and oxygen atoms in total. The van der Waals surface area contributed by atoms with Crippen LogP contribution in [0.2, 0.25) is 0 Å². The van der Waals surface area contributed by atoms with Crippen LogP contribution in [0.5, 0.6) is 0 Å². The molecule has 0 aliphatic rings. The van der Waals surface area contributed by atoms with E-state index in [0.29, 0.717) is 0 Å². The van der Waals surface area contributed by atoms with Crippen LogP contribution in [0.1, 0.15) is 0 Å². The van der Waals surface area contributed by atoms with Crippen molar-refractivity contribution in [2.75, 3.05) is 0 Å². The van der Waals surface area contributed by atoms with E-state index in [1.807, 2.05) is 0 Å². The molecular weight excluding hydrogens is 553 g/mol. The molecule has 0 fully saturated rings. The van der Waals surface area contributed by atoms with Crippen molar-refractivity contribution in [3.63, 3.8) is 0 Å². The minimum absolute atomic E-state index is 1.24. The zero-order chi connectivity index (χ0) is 30.2. The second-order valence-corrected chi connectivity index (χ2v) is 12.4. The van der Waals surface area contributed by atoms with E-state index >= 15 is 0 Å². The highest BCUT2D eigenvalue weighted by Gasteiger charge is 2.13. The summed E-state index contributed by atoms with van der Waals surface area (Å²) in [6.45, 7) is 0. The molecule has 0 unspecified atom stereocenters. The Labute approximate surface area is 266 Å². The van der Waals surface area contributed by atoms with Crippen LogP contribution in [0, 0.1) is 0 Å². The van der Waals surface area contributed by atoms with Gasteiger partial charge < -0.3 is 0 Å². The van der Waals surface area contributed by atoms with Crippen molar-refractivity contribution in [1.82, 2.24) is 0 Å². The second-order valence-electron chi connectivity index (χ2n) is 12.4. The first kappa shape index (κ1) is 25.4. The molecule has 0 spiro atoms. The topological polar surface area (TPSA) is 0 Å². The number of hydrogen-bond acceptors (Lipinski definition) is 0. The third kappa shape index (κ3) is 3.68. The maximum Gasteiger partial charge on any atom is -0.00928 e. The zero-order valence-electron chi connectivity index (χ0n) is 25.2. The first-order chi connectivity index (χ1) is 22.8. The first-order valence-corrected chi connectivity index (χ1v) is 16.0. The van der Waals surface area contributed by atoms with Gasteiger partial charge in [0.2, 0.25) is 0 Å². The van der Waals surface area contributed by atoms with Crippen molar-refractivity contribution in [3.05, 3.63) is 170 Å². The van der Waals surface area contributed by atoms with Crippen LogP contribution in [-0.4, -0.2) is 0 Å². The van der Waals surface area contributed by atoms with Crippen LogP contribution in [-0.2, 0) is 0 Å². The van der Waals surface area contributed by atoms with Gasteiger partial charge in [-0.3, -0.25) is 0 Å². The maximum atomic E-state index is 2.39. The average Bonchev–Trinajstić information content (AvgIpc) is 3.14. The molecule has 0 bridgehead atoms. The summed E-state index contributed by atoms with van der Waals surface area (Å²) in [5, 5.41) is 18.2. The Morgan fingerprint density at radius 1 is 0.196 bits per heavy atom. The highest BCUT2D eigenvalue weighted by atomic mass is 14.2. The molecule has 0 heteroatoms. The summed E-state index contributed by atoms with van der Waals surface area (Å²) in [4.78, 5) is 0. The van der Waals surface area contributed by atoms with Gasteiger partial charge in [0, 0.05) is 0 Å². The molecule has 0 N–H and O–H groups in total. The van der Waals surface area contributed by atoms with Gasteiger partial charge in [0.1, 0.15) is 0 Å². The van der Waals surface area contributed by atoms with E-state index in [9.17, 15) is 0 Å². The van der Waals surface area contributed by atoms with Crippen LogP contribution in [0.4, 0.5) is 0 Å². The lowest BCUT2D eigenvalue weighted by molar-refractivity contribution is 1.66. The van der Waals surface area contributed by atoms with E-state index in [1.165, 1.54) is 97.7 Å². The Hall–Kier alpha value is -5.98. The fourth-order valence-corrected chi connectivity index (χ4v) is 7.88. The van der Waals surface area contributed by atoms with Crippen molar-refractivity contribution in [2.45, 2.75) is 0 Å². The molecule has 0 saturated heterocycles. The summed E-state index contributed by atoms with van der Waals surface area (Å²) < 4.78 is 0. The van der Waals surface area contributed by atoms with E-state index in [1.54, 1.807) is 0 Å². The quantitative estimate of drug-likeness (QED) is 0.178. The van der Waals surface area contributed by atoms with Gasteiger partial charge in [0.05, 0.1) is 0 Å². The molecule has 10 aromatic carbocycles. The Kier molecular flexibility index (Phi) is 5.38. The third-order valence-corrected chi connectivity index (χ3v) is 10.0. The monoisotopic (exact) mass is 580 g/mol. The summed E-state index contributed by atoms with van der Waals surface area (Å²) in [5.41, 5.74) is 4.98. The van der Waals surface area contributed by atoms with Gasteiger partial charge >= 0.3 is 0 Å². The SMILES string of the molecule is c1cc(-c2ccc3c4ccccc4c4ccccc4c3c2)c2ccc(-c3ccc4c5ccccc5c5ccccc5c4c3)cc2c1. The normalized spacial score (nSPS) is 11.9. The Balaban J connectivity index is 1.14. The third-order valence-electron chi connectivity index (χ3n) is 10.0. The Bertz CT molecular complexity index is 2780. The Morgan fingerprint density at radius 3 is 1.02 bits per heavy atom. The van der Waals surface area contributed by atoms with E-state index < -0.39 is 0 Å². The molecule has 0 aliphatic heterocycles. The predicted octanol–water partition coefficient (Wildman–Crippen LogP) is 13.1. The van der Waals surface area contributed by atoms with Gasteiger partial charge in [-0.15, -0.1) is 0 Å². The molecule has 0 aromatic heterocycles. The Morgan fingerprint density at radius 2 is 0.543 bits per heavy atom. The van der Waals surface area contributed by atoms with Crippen LogP contribution < -0.4 is 0 Å². The van der Waals surface area contributed by atoms with Crippen LogP contribution in [0.3, 0.4) is 0 Å². The van der Waals surface area contributed by atoms with E-state index in [4.69, 9.17) is 0 Å². The van der Waals surface area contributed by atoms with Gasteiger partial charge in [0.15, 0.2) is 0 Å². The molecule has 0 atom stereocenters. The van der Waals surface area contributed by atoms with Gasteiger partial charge in [0.25, 0.3) is 0 Å². The van der Waals surface area contributed by atoms with Crippen molar-refractivity contribution in [3.8, 4) is 22.3 Å². The van der Waals surface area contributed by atoms with Gasteiger partial charge in [-0.2, -0.15) is 0 Å². The van der Waals surface area contributed by atoms with Gasteiger partial charge in [-0.25, -0.2) is 0 Å². The summed E-state index contributed by atoms with van der Waals surface area (Å²) in [7, 11) is 0. The minimum Gasteiger partial charge on any atom is -0.0616 e. The molecule has 46 heavy (non-hydrogen) atoms. The van der Waals surface area contributed by atoms with Crippen LogP contribution in [0.15, 0.2) is 170 Å². The van der Waals surface area contributed by atoms with Gasteiger partial charge in [-0.05, 0) is 116 Å². The van der Waals surface area contributed by atoms with E-state index in [0.717, 1.165) is 0 Å². The maximum absolute atomic E-state index is 2.39. The summed E-state index contributed by atoms with van der Waals surface area (Å²) >= 11 is 0. The standard InChI is InChI=1S/C46H28/c1-3-15-39-35(11-1)37-13-5-7-17-41(37)45-27-30(21-24-43(39)45)29-20-23-34-31(26-29)10-9-19-33(34)32-22-25-44-40-16-4-2-12-36(40)38-14-6-8-18-42(38)46(44)28-32/h1-28H. The molecule has 0 aliphatic carbocycles. The van der Waals surface area contributed by atoms with Gasteiger partial charge in [-0.1, -0.05) is 152 Å². The lowest BCUT2D eigenvalue weighted by atomic mass is 9.90. The first-order valence-electron chi connectivity index (χ1n) is 16.0. The predicted molar refractivity (Wildman–Crippen MR) is 200 cm³/mol. The lowest BCUT2D eigenvalue weighted by Crippen LogP contribution is -1.87. The zero-order valence-corrected chi connectivity index (χ0v) is 25.2. The number of hydrogen-bond donors (Lipinski definition) is 0.